The predicted molar refractivity (Wildman–Crippen MR) is 54.7 cm³/mol. The molecule has 0 spiro atoms. The number of hydrogen-bond donors (Lipinski definition) is 1. The lowest BCUT2D eigenvalue weighted by atomic mass is 10.2. The molecular weight excluding hydrogens is 204 g/mol. The summed E-state index contributed by atoms with van der Waals surface area (Å²) in [6.07, 6.45) is 0. The second-order valence-electron chi connectivity index (χ2n) is 2.76. The first-order valence-corrected chi connectivity index (χ1v) is 4.66. The summed E-state index contributed by atoms with van der Waals surface area (Å²) in [6, 6.07) is 5.20. The number of benzene rings is 1. The van der Waals surface area contributed by atoms with E-state index in [-0.39, 0.29) is 6.61 Å². The van der Waals surface area contributed by atoms with Gasteiger partial charge in [-0.3, -0.25) is 0 Å². The maximum Gasteiger partial charge on any atom is 0.138 e. The fraction of sp³-hybridized carbons (Fsp3) is 0.400. The molecule has 0 saturated heterocycles. The van der Waals surface area contributed by atoms with Gasteiger partial charge in [-0.2, -0.15) is 0 Å². The number of ether oxygens (including phenoxy) is 2. The molecule has 0 radical (unpaired) electrons. The quantitative estimate of drug-likeness (QED) is 0.764. The topological polar surface area (TPSA) is 38.7 Å². The van der Waals surface area contributed by atoms with E-state index < -0.39 is 0 Å². The van der Waals surface area contributed by atoms with Gasteiger partial charge >= 0.3 is 0 Å². The first-order valence-electron chi connectivity index (χ1n) is 4.29. The van der Waals surface area contributed by atoms with E-state index in [0.29, 0.717) is 24.0 Å². The maximum absolute atomic E-state index is 8.85. The molecule has 1 aromatic carbocycles. The molecule has 1 rings (SSSR count). The number of hydrogen-bond acceptors (Lipinski definition) is 3. The van der Waals surface area contributed by atoms with Crippen LogP contribution in [0.15, 0.2) is 18.2 Å². The van der Waals surface area contributed by atoms with E-state index in [4.69, 9.17) is 26.2 Å². The van der Waals surface area contributed by atoms with Crippen LogP contribution in [0.2, 0.25) is 5.02 Å². The Morgan fingerprint density at radius 2 is 2.14 bits per heavy atom. The van der Waals surface area contributed by atoms with Crippen molar-refractivity contribution < 1.29 is 14.6 Å². The van der Waals surface area contributed by atoms with Crippen LogP contribution in [0.3, 0.4) is 0 Å². The summed E-state index contributed by atoms with van der Waals surface area (Å²) < 4.78 is 10.2. The van der Waals surface area contributed by atoms with E-state index in [2.05, 4.69) is 0 Å². The number of rotatable bonds is 5. The van der Waals surface area contributed by atoms with E-state index in [1.54, 1.807) is 25.3 Å². The molecule has 0 aliphatic heterocycles. The van der Waals surface area contributed by atoms with Gasteiger partial charge in [0.05, 0.1) is 18.2 Å². The minimum atomic E-state index is -0.0158. The Bertz CT molecular complexity index is 289. The van der Waals surface area contributed by atoms with Crippen molar-refractivity contribution >= 4 is 11.6 Å². The lowest BCUT2D eigenvalue weighted by Gasteiger charge is -2.08. The van der Waals surface area contributed by atoms with Gasteiger partial charge in [0, 0.05) is 7.11 Å². The average molecular weight is 217 g/mol. The van der Waals surface area contributed by atoms with Crippen LogP contribution < -0.4 is 4.74 Å². The van der Waals surface area contributed by atoms with Crippen molar-refractivity contribution in [2.75, 3.05) is 20.3 Å². The summed E-state index contributed by atoms with van der Waals surface area (Å²) in [6.45, 7) is 0.977. The molecule has 0 heterocycles. The number of halogens is 1. The van der Waals surface area contributed by atoms with Crippen LogP contribution in [0.4, 0.5) is 0 Å². The van der Waals surface area contributed by atoms with Crippen molar-refractivity contribution in [3.8, 4) is 5.75 Å². The number of aliphatic hydroxyl groups is 1. The largest absolute Gasteiger partial charge is 0.490 e. The van der Waals surface area contributed by atoms with Crippen molar-refractivity contribution in [2.24, 2.45) is 0 Å². The SMILES string of the molecule is COCCOc1ccc(CO)cc1Cl. The first kappa shape index (κ1) is 11.3. The maximum atomic E-state index is 8.85. The van der Waals surface area contributed by atoms with E-state index in [0.717, 1.165) is 5.56 Å². The molecule has 0 atom stereocenters. The fourth-order valence-electron chi connectivity index (χ4n) is 0.995. The molecular formula is C10H13ClO3. The average Bonchev–Trinajstić information content (AvgIpc) is 2.20. The highest BCUT2D eigenvalue weighted by atomic mass is 35.5. The number of aliphatic hydroxyl groups excluding tert-OH is 1. The van der Waals surface area contributed by atoms with Gasteiger partial charge in [-0.25, -0.2) is 0 Å². The van der Waals surface area contributed by atoms with Crippen molar-refractivity contribution in [1.82, 2.24) is 0 Å². The third-order valence-corrected chi connectivity index (χ3v) is 2.02. The summed E-state index contributed by atoms with van der Waals surface area (Å²) in [4.78, 5) is 0. The Kier molecular flexibility index (Phi) is 4.73. The van der Waals surface area contributed by atoms with Crippen LogP contribution in [-0.2, 0) is 11.3 Å². The van der Waals surface area contributed by atoms with E-state index in [1.165, 1.54) is 0 Å². The molecule has 0 aliphatic rings. The molecule has 0 amide bonds. The van der Waals surface area contributed by atoms with Crippen LogP contribution in [0.25, 0.3) is 0 Å². The summed E-state index contributed by atoms with van der Waals surface area (Å²) in [7, 11) is 1.61. The van der Waals surface area contributed by atoms with Gasteiger partial charge in [0.25, 0.3) is 0 Å². The van der Waals surface area contributed by atoms with Crippen LogP contribution in [-0.4, -0.2) is 25.4 Å². The van der Waals surface area contributed by atoms with E-state index in [9.17, 15) is 0 Å². The summed E-state index contributed by atoms with van der Waals surface area (Å²) in [5.74, 6) is 0.612. The molecule has 0 unspecified atom stereocenters. The van der Waals surface area contributed by atoms with Crippen molar-refractivity contribution in [1.29, 1.82) is 0 Å². The summed E-state index contributed by atoms with van der Waals surface area (Å²) in [5.41, 5.74) is 0.772. The van der Waals surface area contributed by atoms with Gasteiger partial charge in [-0.1, -0.05) is 17.7 Å². The Labute approximate surface area is 88.2 Å². The third kappa shape index (κ3) is 3.18. The zero-order valence-corrected chi connectivity index (χ0v) is 8.75. The van der Waals surface area contributed by atoms with Gasteiger partial charge in [0.2, 0.25) is 0 Å². The lowest BCUT2D eigenvalue weighted by Crippen LogP contribution is -2.04. The van der Waals surface area contributed by atoms with Gasteiger partial charge in [-0.05, 0) is 17.7 Å². The predicted octanol–water partition coefficient (Wildman–Crippen LogP) is 1.86. The molecule has 0 bridgehead atoms. The molecule has 78 valence electrons. The highest BCUT2D eigenvalue weighted by Gasteiger charge is 2.02. The lowest BCUT2D eigenvalue weighted by molar-refractivity contribution is 0.146. The van der Waals surface area contributed by atoms with Crippen LogP contribution in [0.5, 0.6) is 5.75 Å². The van der Waals surface area contributed by atoms with Gasteiger partial charge < -0.3 is 14.6 Å². The Morgan fingerprint density at radius 1 is 1.36 bits per heavy atom. The minimum absolute atomic E-state index is 0.0158. The molecule has 0 aliphatic carbocycles. The van der Waals surface area contributed by atoms with Crippen molar-refractivity contribution in [3.05, 3.63) is 28.8 Å². The second kappa shape index (κ2) is 5.86. The molecule has 1 N–H and O–H groups in total. The Morgan fingerprint density at radius 3 is 2.71 bits per heavy atom. The zero-order chi connectivity index (χ0) is 10.4. The van der Waals surface area contributed by atoms with E-state index in [1.807, 2.05) is 0 Å². The highest BCUT2D eigenvalue weighted by Crippen LogP contribution is 2.25. The second-order valence-corrected chi connectivity index (χ2v) is 3.17. The summed E-state index contributed by atoms with van der Waals surface area (Å²) >= 11 is 5.91. The molecule has 14 heavy (non-hydrogen) atoms. The Balaban J connectivity index is 2.59. The molecule has 0 saturated carbocycles. The van der Waals surface area contributed by atoms with Gasteiger partial charge in [0.15, 0.2) is 0 Å². The highest BCUT2D eigenvalue weighted by molar-refractivity contribution is 6.32. The Hall–Kier alpha value is -0.770. The standard InChI is InChI=1S/C10H13ClO3/c1-13-4-5-14-10-3-2-8(7-12)6-9(10)11/h2-3,6,12H,4-5,7H2,1H3. The third-order valence-electron chi connectivity index (χ3n) is 1.72. The molecule has 1 aromatic rings. The first-order chi connectivity index (χ1) is 6.77. The number of methoxy groups -OCH3 is 1. The summed E-state index contributed by atoms with van der Waals surface area (Å²) in [5, 5.41) is 9.35. The van der Waals surface area contributed by atoms with Crippen LogP contribution in [0, 0.1) is 0 Å². The van der Waals surface area contributed by atoms with Crippen molar-refractivity contribution in [3.63, 3.8) is 0 Å². The van der Waals surface area contributed by atoms with Crippen LogP contribution >= 0.6 is 11.6 Å². The van der Waals surface area contributed by atoms with Gasteiger partial charge in [0.1, 0.15) is 12.4 Å². The van der Waals surface area contributed by atoms with Gasteiger partial charge in [-0.15, -0.1) is 0 Å². The van der Waals surface area contributed by atoms with E-state index >= 15 is 0 Å². The minimum Gasteiger partial charge on any atom is -0.490 e. The van der Waals surface area contributed by atoms with Crippen molar-refractivity contribution in [2.45, 2.75) is 6.61 Å². The fourth-order valence-corrected chi connectivity index (χ4v) is 1.25. The smallest absolute Gasteiger partial charge is 0.138 e. The zero-order valence-electron chi connectivity index (χ0n) is 8.00. The molecule has 4 heteroatoms. The molecule has 0 fully saturated rings. The molecule has 3 nitrogen and oxygen atoms in total. The molecule has 0 aromatic heterocycles. The monoisotopic (exact) mass is 216 g/mol. The normalized spacial score (nSPS) is 10.2. The van der Waals surface area contributed by atoms with Crippen LogP contribution in [0.1, 0.15) is 5.56 Å².